The molecule has 1 heterocycles. The van der Waals surface area contributed by atoms with E-state index in [1.807, 2.05) is 56.3 Å². The Morgan fingerprint density at radius 2 is 1.81 bits per heavy atom. The lowest BCUT2D eigenvalue weighted by atomic mass is 10.1. The van der Waals surface area contributed by atoms with Gasteiger partial charge in [0.1, 0.15) is 11.4 Å². The summed E-state index contributed by atoms with van der Waals surface area (Å²) in [5, 5.41) is 6.00. The predicted molar refractivity (Wildman–Crippen MR) is 106 cm³/mol. The number of aromatic nitrogens is 2. The fourth-order valence-corrected chi connectivity index (χ4v) is 2.51. The first kappa shape index (κ1) is 18.4. The zero-order chi connectivity index (χ0) is 19.2. The Morgan fingerprint density at radius 3 is 2.52 bits per heavy atom. The van der Waals surface area contributed by atoms with Crippen molar-refractivity contribution in [1.29, 1.82) is 0 Å². The van der Waals surface area contributed by atoms with Gasteiger partial charge in [0.05, 0.1) is 7.11 Å². The van der Waals surface area contributed by atoms with Gasteiger partial charge in [-0.1, -0.05) is 18.2 Å². The number of nitrogens with one attached hydrogen (secondary N) is 2. The molecular formula is C21H22N4O2. The molecule has 3 aromatic rings. The molecule has 0 radical (unpaired) electrons. The maximum Gasteiger partial charge on any atom is 0.274 e. The van der Waals surface area contributed by atoms with E-state index in [1.165, 1.54) is 5.56 Å². The van der Waals surface area contributed by atoms with Crippen molar-refractivity contribution in [3.05, 3.63) is 77.1 Å². The fourth-order valence-electron chi connectivity index (χ4n) is 2.51. The molecular weight excluding hydrogens is 340 g/mol. The van der Waals surface area contributed by atoms with Crippen molar-refractivity contribution in [2.45, 2.75) is 20.4 Å². The molecule has 0 aliphatic carbocycles. The molecule has 0 fully saturated rings. The van der Waals surface area contributed by atoms with Crippen LogP contribution in [0.3, 0.4) is 0 Å². The van der Waals surface area contributed by atoms with Crippen LogP contribution in [0.5, 0.6) is 5.75 Å². The van der Waals surface area contributed by atoms with Crippen molar-refractivity contribution in [2.75, 3.05) is 17.7 Å². The maximum atomic E-state index is 12.5. The Labute approximate surface area is 158 Å². The number of benzene rings is 2. The Balaban J connectivity index is 1.65. The van der Waals surface area contributed by atoms with Crippen LogP contribution in [0, 0.1) is 13.8 Å². The van der Waals surface area contributed by atoms with Crippen LogP contribution >= 0.6 is 0 Å². The lowest BCUT2D eigenvalue weighted by molar-refractivity contribution is 0.102. The largest absolute Gasteiger partial charge is 0.497 e. The molecule has 0 saturated carbocycles. The van der Waals surface area contributed by atoms with E-state index in [1.54, 1.807) is 19.4 Å². The number of carbonyl (C=O) groups is 1. The van der Waals surface area contributed by atoms with Gasteiger partial charge in [0, 0.05) is 18.4 Å². The van der Waals surface area contributed by atoms with Gasteiger partial charge in [-0.15, -0.1) is 0 Å². The average molecular weight is 362 g/mol. The number of ether oxygens (including phenoxy) is 1. The van der Waals surface area contributed by atoms with E-state index in [4.69, 9.17) is 4.74 Å². The van der Waals surface area contributed by atoms with Gasteiger partial charge in [0.25, 0.3) is 5.91 Å². The molecule has 3 rings (SSSR count). The second kappa shape index (κ2) is 8.31. The molecule has 27 heavy (non-hydrogen) atoms. The summed E-state index contributed by atoms with van der Waals surface area (Å²) in [7, 11) is 1.63. The first-order valence-corrected chi connectivity index (χ1v) is 8.63. The van der Waals surface area contributed by atoms with Gasteiger partial charge in [0.2, 0.25) is 5.95 Å². The Hall–Kier alpha value is -3.41. The van der Waals surface area contributed by atoms with Gasteiger partial charge in [-0.05, 0) is 60.9 Å². The minimum Gasteiger partial charge on any atom is -0.497 e. The SMILES string of the molecule is COc1ccc(CNc2nccc(C(=O)Nc3ccc(C)c(C)c3)n2)cc1. The second-order valence-electron chi connectivity index (χ2n) is 6.22. The molecule has 0 spiro atoms. The molecule has 138 valence electrons. The number of carbonyl (C=O) groups excluding carboxylic acids is 1. The van der Waals surface area contributed by atoms with Crippen LogP contribution in [-0.4, -0.2) is 23.0 Å². The number of hydrogen-bond acceptors (Lipinski definition) is 5. The third-order valence-electron chi connectivity index (χ3n) is 4.26. The predicted octanol–water partition coefficient (Wildman–Crippen LogP) is 3.97. The van der Waals surface area contributed by atoms with Gasteiger partial charge in [0.15, 0.2) is 0 Å². The molecule has 1 aromatic heterocycles. The Bertz CT molecular complexity index is 939. The molecule has 0 aliphatic heterocycles. The normalized spacial score (nSPS) is 10.3. The summed E-state index contributed by atoms with van der Waals surface area (Å²) in [5.41, 5.74) is 4.41. The molecule has 0 atom stereocenters. The smallest absolute Gasteiger partial charge is 0.274 e. The molecule has 2 aromatic carbocycles. The highest BCUT2D eigenvalue weighted by molar-refractivity contribution is 6.03. The van der Waals surface area contributed by atoms with Crippen LogP contribution in [0.2, 0.25) is 0 Å². The highest BCUT2D eigenvalue weighted by Crippen LogP contribution is 2.15. The third kappa shape index (κ3) is 4.82. The van der Waals surface area contributed by atoms with E-state index in [-0.39, 0.29) is 5.91 Å². The summed E-state index contributed by atoms with van der Waals surface area (Å²) < 4.78 is 5.15. The van der Waals surface area contributed by atoms with Crippen LogP contribution in [0.4, 0.5) is 11.6 Å². The summed E-state index contributed by atoms with van der Waals surface area (Å²) in [6.45, 7) is 4.59. The van der Waals surface area contributed by atoms with E-state index in [9.17, 15) is 4.79 Å². The average Bonchev–Trinajstić information content (AvgIpc) is 2.70. The lowest BCUT2D eigenvalue weighted by Crippen LogP contribution is -2.15. The molecule has 0 saturated heterocycles. The van der Waals surface area contributed by atoms with Crippen molar-refractivity contribution >= 4 is 17.5 Å². The topological polar surface area (TPSA) is 76.1 Å². The highest BCUT2D eigenvalue weighted by Gasteiger charge is 2.10. The fraction of sp³-hybridized carbons (Fsp3) is 0.190. The van der Waals surface area contributed by atoms with Gasteiger partial charge in [-0.3, -0.25) is 4.79 Å². The summed E-state index contributed by atoms with van der Waals surface area (Å²) in [5.74, 6) is 0.937. The highest BCUT2D eigenvalue weighted by atomic mass is 16.5. The summed E-state index contributed by atoms with van der Waals surface area (Å²) >= 11 is 0. The number of hydrogen-bond donors (Lipinski definition) is 2. The summed E-state index contributed by atoms with van der Waals surface area (Å²) in [6, 6.07) is 15.1. The van der Waals surface area contributed by atoms with Crippen molar-refractivity contribution in [3.63, 3.8) is 0 Å². The van der Waals surface area contributed by atoms with E-state index in [0.29, 0.717) is 18.2 Å². The standard InChI is InChI=1S/C21H22N4O2/c1-14-4-7-17(12-15(14)2)24-20(26)19-10-11-22-21(25-19)23-13-16-5-8-18(27-3)9-6-16/h4-12H,13H2,1-3H3,(H,24,26)(H,22,23,25). The Morgan fingerprint density at radius 1 is 1.04 bits per heavy atom. The van der Waals surface area contributed by atoms with Gasteiger partial charge in [-0.2, -0.15) is 0 Å². The Kier molecular flexibility index (Phi) is 5.66. The van der Waals surface area contributed by atoms with Gasteiger partial charge < -0.3 is 15.4 Å². The van der Waals surface area contributed by atoms with Crippen LogP contribution in [0.15, 0.2) is 54.7 Å². The van der Waals surface area contributed by atoms with Crippen LogP contribution in [0.1, 0.15) is 27.2 Å². The lowest BCUT2D eigenvalue weighted by Gasteiger charge is -2.09. The van der Waals surface area contributed by atoms with E-state index < -0.39 is 0 Å². The van der Waals surface area contributed by atoms with Gasteiger partial charge >= 0.3 is 0 Å². The van der Waals surface area contributed by atoms with Crippen LogP contribution < -0.4 is 15.4 Å². The van der Waals surface area contributed by atoms with Crippen molar-refractivity contribution < 1.29 is 9.53 Å². The number of nitrogens with zero attached hydrogens (tertiary/aromatic N) is 2. The minimum absolute atomic E-state index is 0.270. The number of anilines is 2. The van der Waals surface area contributed by atoms with Crippen molar-refractivity contribution in [3.8, 4) is 5.75 Å². The molecule has 0 unspecified atom stereocenters. The quantitative estimate of drug-likeness (QED) is 0.694. The molecule has 0 bridgehead atoms. The van der Waals surface area contributed by atoms with E-state index in [0.717, 1.165) is 22.6 Å². The molecule has 6 nitrogen and oxygen atoms in total. The number of amides is 1. The van der Waals surface area contributed by atoms with Gasteiger partial charge in [-0.25, -0.2) is 9.97 Å². The van der Waals surface area contributed by atoms with E-state index >= 15 is 0 Å². The summed E-state index contributed by atoms with van der Waals surface area (Å²) in [4.78, 5) is 20.9. The maximum absolute atomic E-state index is 12.5. The van der Waals surface area contributed by atoms with Crippen LogP contribution in [-0.2, 0) is 6.54 Å². The van der Waals surface area contributed by atoms with E-state index in [2.05, 4.69) is 20.6 Å². The minimum atomic E-state index is -0.270. The molecule has 6 heteroatoms. The number of aryl methyl sites for hydroxylation is 2. The second-order valence-corrected chi connectivity index (χ2v) is 6.22. The van der Waals surface area contributed by atoms with Crippen molar-refractivity contribution in [2.24, 2.45) is 0 Å². The monoisotopic (exact) mass is 362 g/mol. The first-order valence-electron chi connectivity index (χ1n) is 8.63. The summed E-state index contributed by atoms with van der Waals surface area (Å²) in [6.07, 6.45) is 1.57. The van der Waals surface area contributed by atoms with Crippen molar-refractivity contribution in [1.82, 2.24) is 9.97 Å². The molecule has 1 amide bonds. The van der Waals surface area contributed by atoms with Crippen LogP contribution in [0.25, 0.3) is 0 Å². The number of rotatable bonds is 6. The molecule has 0 aliphatic rings. The third-order valence-corrected chi connectivity index (χ3v) is 4.26. The zero-order valence-electron chi connectivity index (χ0n) is 15.6. The first-order chi connectivity index (χ1) is 13.0. The molecule has 2 N–H and O–H groups in total. The number of methoxy groups -OCH3 is 1. The zero-order valence-corrected chi connectivity index (χ0v) is 15.6.